The monoisotopic (exact) mass is 220 g/mol. The van der Waals surface area contributed by atoms with Gasteiger partial charge in [0.05, 0.1) is 0 Å². The molecule has 0 aliphatic rings. The van der Waals surface area contributed by atoms with E-state index in [2.05, 4.69) is 6.92 Å². The Bertz CT molecular complexity index is 271. The number of hydrogen-bond acceptors (Lipinski definition) is 1. The van der Waals surface area contributed by atoms with Crippen molar-refractivity contribution in [1.82, 2.24) is 0 Å². The van der Waals surface area contributed by atoms with Gasteiger partial charge in [-0.05, 0) is 25.0 Å². The maximum Gasteiger partial charge on any atom is 0.194 e. The number of halogens is 3. The van der Waals surface area contributed by atoms with E-state index in [1.165, 1.54) is 13.0 Å². The molecule has 0 fully saturated rings. The summed E-state index contributed by atoms with van der Waals surface area (Å²) in [6, 6.07) is 2.08. The zero-order valence-corrected chi connectivity index (χ0v) is 8.86. The minimum absolute atomic E-state index is 0.110. The quantitative estimate of drug-likeness (QED) is 0.759. The number of aliphatic hydroxyl groups is 1. The molecule has 0 aliphatic heterocycles. The molecule has 1 N–H and O–H groups in total. The third-order valence-electron chi connectivity index (χ3n) is 1.74. The first-order valence-electron chi connectivity index (χ1n) is 4.75. The highest BCUT2D eigenvalue weighted by molar-refractivity contribution is 5.18. The van der Waals surface area contributed by atoms with Gasteiger partial charge in [0.1, 0.15) is 0 Å². The zero-order chi connectivity index (χ0) is 11.8. The van der Waals surface area contributed by atoms with Crippen LogP contribution in [0.25, 0.3) is 0 Å². The van der Waals surface area contributed by atoms with Crippen molar-refractivity contribution in [1.29, 1.82) is 0 Å². The lowest BCUT2D eigenvalue weighted by molar-refractivity contribution is 0.287. The lowest BCUT2D eigenvalue weighted by atomic mass is 10.2. The van der Waals surface area contributed by atoms with Crippen LogP contribution in [0.1, 0.15) is 25.3 Å². The summed E-state index contributed by atoms with van der Waals surface area (Å²) >= 11 is 0. The second kappa shape index (κ2) is 7.29. The smallest absolute Gasteiger partial charge is 0.194 e. The van der Waals surface area contributed by atoms with E-state index in [9.17, 15) is 13.2 Å². The Kier molecular flexibility index (Phi) is 6.79. The van der Waals surface area contributed by atoms with Crippen LogP contribution in [0.3, 0.4) is 0 Å². The van der Waals surface area contributed by atoms with Gasteiger partial charge in [0.2, 0.25) is 0 Å². The molecule has 0 saturated heterocycles. The fourth-order valence-corrected chi connectivity index (χ4v) is 0.781. The standard InChI is InChI=1S/C7H5F3.C4H10O/c1-4-2-3-5(8)7(10)6(4)9;1-2-3-4-5/h2-3H,1H3;5H,2-4H2,1H3. The van der Waals surface area contributed by atoms with E-state index in [-0.39, 0.29) is 5.56 Å². The minimum atomic E-state index is -1.40. The molecule has 15 heavy (non-hydrogen) atoms. The fraction of sp³-hybridized carbons (Fsp3) is 0.455. The second-order valence-electron chi connectivity index (χ2n) is 3.07. The lowest BCUT2D eigenvalue weighted by Gasteiger charge is -1.96. The van der Waals surface area contributed by atoms with Crippen LogP contribution in [0.2, 0.25) is 0 Å². The molecule has 0 saturated carbocycles. The van der Waals surface area contributed by atoms with Gasteiger partial charge in [-0.3, -0.25) is 0 Å². The van der Waals surface area contributed by atoms with Gasteiger partial charge in [0.15, 0.2) is 17.5 Å². The van der Waals surface area contributed by atoms with Crippen LogP contribution in [0.5, 0.6) is 0 Å². The van der Waals surface area contributed by atoms with E-state index in [0.717, 1.165) is 18.9 Å². The summed E-state index contributed by atoms with van der Waals surface area (Å²) < 4.78 is 36.8. The maximum atomic E-state index is 12.4. The maximum absolute atomic E-state index is 12.4. The highest BCUT2D eigenvalue weighted by Crippen LogP contribution is 2.13. The van der Waals surface area contributed by atoms with Gasteiger partial charge >= 0.3 is 0 Å². The van der Waals surface area contributed by atoms with E-state index in [0.29, 0.717) is 6.61 Å². The Morgan fingerprint density at radius 2 is 1.73 bits per heavy atom. The molecule has 0 heterocycles. The number of rotatable bonds is 2. The number of aryl methyl sites for hydroxylation is 1. The molecule has 0 bridgehead atoms. The van der Waals surface area contributed by atoms with E-state index in [4.69, 9.17) is 5.11 Å². The summed E-state index contributed by atoms with van der Waals surface area (Å²) in [4.78, 5) is 0. The average molecular weight is 220 g/mol. The minimum Gasteiger partial charge on any atom is -0.396 e. The third-order valence-corrected chi connectivity index (χ3v) is 1.74. The molecule has 0 amide bonds. The first-order chi connectivity index (χ1) is 7.04. The van der Waals surface area contributed by atoms with Crippen molar-refractivity contribution in [2.75, 3.05) is 6.61 Å². The first kappa shape index (κ1) is 14.0. The SMILES string of the molecule is CCCCO.Cc1ccc(F)c(F)c1F. The largest absolute Gasteiger partial charge is 0.396 e. The van der Waals surface area contributed by atoms with E-state index in [1.54, 1.807) is 0 Å². The second-order valence-corrected chi connectivity index (χ2v) is 3.07. The molecule has 1 nitrogen and oxygen atoms in total. The van der Waals surface area contributed by atoms with Crippen LogP contribution in [0.4, 0.5) is 13.2 Å². The van der Waals surface area contributed by atoms with Crippen LogP contribution >= 0.6 is 0 Å². The van der Waals surface area contributed by atoms with Crippen molar-refractivity contribution in [3.63, 3.8) is 0 Å². The predicted octanol–water partition coefficient (Wildman–Crippen LogP) is 3.19. The van der Waals surface area contributed by atoms with Crippen molar-refractivity contribution >= 4 is 0 Å². The summed E-state index contributed by atoms with van der Waals surface area (Å²) in [5, 5.41) is 8.07. The van der Waals surface area contributed by atoms with Crippen molar-refractivity contribution < 1.29 is 18.3 Å². The molecule has 0 spiro atoms. The number of unbranched alkanes of at least 4 members (excludes halogenated alkanes) is 1. The topological polar surface area (TPSA) is 20.2 Å². The molecule has 1 aromatic carbocycles. The van der Waals surface area contributed by atoms with Gasteiger partial charge in [-0.1, -0.05) is 19.4 Å². The van der Waals surface area contributed by atoms with E-state index in [1.807, 2.05) is 0 Å². The van der Waals surface area contributed by atoms with Crippen LogP contribution in [-0.2, 0) is 0 Å². The first-order valence-corrected chi connectivity index (χ1v) is 4.75. The zero-order valence-electron chi connectivity index (χ0n) is 8.86. The fourth-order valence-electron chi connectivity index (χ4n) is 0.781. The van der Waals surface area contributed by atoms with Crippen molar-refractivity contribution in [2.24, 2.45) is 0 Å². The van der Waals surface area contributed by atoms with Gasteiger partial charge in [-0.25, -0.2) is 13.2 Å². The molecule has 4 heteroatoms. The van der Waals surface area contributed by atoms with Crippen LogP contribution in [0.15, 0.2) is 12.1 Å². The number of aliphatic hydroxyl groups excluding tert-OH is 1. The number of hydrogen-bond donors (Lipinski definition) is 1. The van der Waals surface area contributed by atoms with Crippen molar-refractivity contribution in [3.8, 4) is 0 Å². The molecule has 0 unspecified atom stereocenters. The van der Waals surface area contributed by atoms with E-state index >= 15 is 0 Å². The molecule has 0 radical (unpaired) electrons. The lowest BCUT2D eigenvalue weighted by Crippen LogP contribution is -1.92. The Morgan fingerprint density at radius 1 is 1.13 bits per heavy atom. The molecular weight excluding hydrogens is 205 g/mol. The molecule has 0 aliphatic carbocycles. The molecule has 1 rings (SSSR count). The summed E-state index contributed by atoms with van der Waals surface area (Å²) in [5.74, 6) is -3.66. The Hall–Kier alpha value is -1.03. The molecule has 0 aromatic heterocycles. The summed E-state index contributed by atoms with van der Waals surface area (Å²) in [6.07, 6.45) is 2.04. The van der Waals surface area contributed by atoms with Gasteiger partial charge in [-0.15, -0.1) is 0 Å². The van der Waals surface area contributed by atoms with Crippen LogP contribution < -0.4 is 0 Å². The normalized spacial score (nSPS) is 9.47. The van der Waals surface area contributed by atoms with Crippen molar-refractivity contribution in [2.45, 2.75) is 26.7 Å². The Balaban J connectivity index is 0.000000336. The summed E-state index contributed by atoms with van der Waals surface area (Å²) in [6.45, 7) is 3.77. The van der Waals surface area contributed by atoms with Gasteiger partial charge in [-0.2, -0.15) is 0 Å². The van der Waals surface area contributed by atoms with Gasteiger partial charge in [0.25, 0.3) is 0 Å². The predicted molar refractivity (Wildman–Crippen MR) is 53.0 cm³/mol. The van der Waals surface area contributed by atoms with Crippen LogP contribution in [-0.4, -0.2) is 11.7 Å². The summed E-state index contributed by atoms with van der Waals surface area (Å²) in [5.41, 5.74) is 0.110. The Labute approximate surface area is 87.6 Å². The molecule has 1 aromatic rings. The average Bonchev–Trinajstić information content (AvgIpc) is 2.23. The Morgan fingerprint density at radius 3 is 2.07 bits per heavy atom. The van der Waals surface area contributed by atoms with E-state index < -0.39 is 17.5 Å². The highest BCUT2D eigenvalue weighted by Gasteiger charge is 2.09. The van der Waals surface area contributed by atoms with Gasteiger partial charge in [0, 0.05) is 6.61 Å². The molecular formula is C11H15F3O. The third kappa shape index (κ3) is 4.83. The van der Waals surface area contributed by atoms with Gasteiger partial charge < -0.3 is 5.11 Å². The molecule has 0 atom stereocenters. The highest BCUT2D eigenvalue weighted by atomic mass is 19.2. The summed E-state index contributed by atoms with van der Waals surface area (Å²) in [7, 11) is 0. The van der Waals surface area contributed by atoms with Crippen molar-refractivity contribution in [3.05, 3.63) is 35.1 Å². The van der Waals surface area contributed by atoms with Crippen LogP contribution in [0, 0.1) is 24.4 Å². The number of benzene rings is 1. The molecule has 86 valence electrons.